The first-order valence-electron chi connectivity index (χ1n) is 9.57. The molecule has 0 spiro atoms. The molecule has 0 aliphatic carbocycles. The number of allylic oxidation sites excluding steroid dienone is 2. The molecule has 8 nitrogen and oxygen atoms in total. The third kappa shape index (κ3) is 3.75. The first kappa shape index (κ1) is 20.5. The molecule has 0 bridgehead atoms. The molecule has 1 radical (unpaired) electrons. The number of pyridine rings is 1. The Hall–Kier alpha value is -3.72. The molecule has 159 valence electrons. The Bertz CT molecular complexity index is 1150. The van der Waals surface area contributed by atoms with Crippen LogP contribution in [-0.4, -0.2) is 47.1 Å². The fourth-order valence-corrected chi connectivity index (χ4v) is 3.48. The second-order valence-corrected chi connectivity index (χ2v) is 6.92. The minimum absolute atomic E-state index is 0.129. The number of hydrogen-bond donors (Lipinski definition) is 0. The summed E-state index contributed by atoms with van der Waals surface area (Å²) >= 11 is 0. The van der Waals surface area contributed by atoms with Gasteiger partial charge in [-0.3, -0.25) is 9.55 Å². The van der Waals surface area contributed by atoms with E-state index in [4.69, 9.17) is 9.47 Å². The molecule has 0 N–H and O–H groups in total. The monoisotopic (exact) mass is 422 g/mol. The summed E-state index contributed by atoms with van der Waals surface area (Å²) in [5.74, 6) is 1.34. The van der Waals surface area contributed by atoms with Crippen LogP contribution in [0.1, 0.15) is 5.56 Å². The van der Waals surface area contributed by atoms with Gasteiger partial charge in [-0.25, -0.2) is 9.50 Å². The molecule has 0 unspecified atom stereocenters. The Morgan fingerprint density at radius 2 is 1.84 bits per heavy atom. The topological polar surface area (TPSA) is 85.2 Å². The molecule has 3 aromatic rings. The lowest BCUT2D eigenvalue weighted by molar-refractivity contribution is 0.220. The molecule has 3 heterocycles. The largest absolute Gasteiger partial charge is 0.494 e. The lowest BCUT2D eigenvalue weighted by Crippen LogP contribution is -2.30. The van der Waals surface area contributed by atoms with Crippen LogP contribution < -0.4 is 14.4 Å². The third-order valence-corrected chi connectivity index (χ3v) is 4.91. The lowest BCUT2D eigenvalue weighted by Gasteiger charge is -2.27. The maximum atomic E-state index is 14.2. The maximum Gasteiger partial charge on any atom is 0.237 e. The second-order valence-electron chi connectivity index (χ2n) is 6.92. The number of rotatable bonds is 6. The number of hydrogen-bond acceptors (Lipinski definition) is 6. The Kier molecular flexibility index (Phi) is 5.68. The van der Waals surface area contributed by atoms with E-state index in [2.05, 4.69) is 15.2 Å². The molecule has 31 heavy (non-hydrogen) atoms. The Balaban J connectivity index is 2.02. The number of aryl methyl sites for hydroxylation is 1. The van der Waals surface area contributed by atoms with Crippen molar-refractivity contribution < 1.29 is 19.0 Å². The average Bonchev–Trinajstić information content (AvgIpc) is 3.22. The SMILES string of the molecule is COc1cccc(OC)c1-n1c(-c2cncc(C)c2)nnc1N1CC(F)=CC=C1C[O]. The van der Waals surface area contributed by atoms with E-state index in [0.717, 1.165) is 5.56 Å². The van der Waals surface area contributed by atoms with Gasteiger partial charge in [-0.2, -0.15) is 0 Å². The minimum Gasteiger partial charge on any atom is -0.494 e. The maximum absolute atomic E-state index is 14.2. The summed E-state index contributed by atoms with van der Waals surface area (Å²) in [6.45, 7) is 1.25. The number of halogens is 1. The molecule has 0 atom stereocenters. The number of ether oxygens (including phenoxy) is 2. The third-order valence-electron chi connectivity index (χ3n) is 4.91. The predicted octanol–water partition coefficient (Wildman–Crippen LogP) is 3.64. The molecule has 1 aromatic carbocycles. The van der Waals surface area contributed by atoms with Crippen molar-refractivity contribution >= 4 is 5.95 Å². The molecule has 0 fully saturated rings. The molecule has 1 aliphatic rings. The van der Waals surface area contributed by atoms with Crippen LogP contribution in [0.2, 0.25) is 0 Å². The van der Waals surface area contributed by atoms with Crippen molar-refractivity contribution in [2.24, 2.45) is 0 Å². The summed E-state index contributed by atoms with van der Waals surface area (Å²) in [7, 11) is 3.09. The van der Waals surface area contributed by atoms with E-state index < -0.39 is 12.4 Å². The first-order chi connectivity index (χ1) is 15.1. The summed E-state index contributed by atoms with van der Waals surface area (Å²) in [6.07, 6.45) is 6.15. The van der Waals surface area contributed by atoms with E-state index in [1.54, 1.807) is 49.4 Å². The van der Waals surface area contributed by atoms with Crippen molar-refractivity contribution in [1.82, 2.24) is 19.7 Å². The van der Waals surface area contributed by atoms with Crippen molar-refractivity contribution in [3.8, 4) is 28.6 Å². The van der Waals surface area contributed by atoms with Gasteiger partial charge in [0.1, 0.15) is 29.6 Å². The van der Waals surface area contributed by atoms with Gasteiger partial charge in [0.2, 0.25) is 5.95 Å². The molecule has 1 aliphatic heterocycles. The van der Waals surface area contributed by atoms with E-state index in [1.807, 2.05) is 13.0 Å². The highest BCUT2D eigenvalue weighted by Gasteiger charge is 2.28. The quantitative estimate of drug-likeness (QED) is 0.603. The molecule has 9 heteroatoms. The van der Waals surface area contributed by atoms with Gasteiger partial charge in [0, 0.05) is 18.0 Å². The second kappa shape index (κ2) is 8.57. The zero-order chi connectivity index (χ0) is 22.0. The van der Waals surface area contributed by atoms with Crippen LogP contribution in [0.3, 0.4) is 0 Å². The van der Waals surface area contributed by atoms with Gasteiger partial charge < -0.3 is 14.4 Å². The normalized spacial score (nSPS) is 13.6. The number of para-hydroxylation sites is 1. The molecule has 4 rings (SSSR count). The summed E-state index contributed by atoms with van der Waals surface area (Å²) < 4.78 is 27.1. The van der Waals surface area contributed by atoms with Crippen LogP contribution in [-0.2, 0) is 5.11 Å². The van der Waals surface area contributed by atoms with Crippen molar-refractivity contribution in [1.29, 1.82) is 0 Å². The summed E-state index contributed by atoms with van der Waals surface area (Å²) in [5, 5.41) is 20.5. The standard InChI is InChI=1S/C22H21FN5O3/c1-14-9-15(11-24-10-14)21-25-26-22(27-12-16(23)7-8-17(27)13-29)28(21)20-18(30-2)5-4-6-19(20)31-3/h4-11H,12-13H2,1-3H3. The van der Waals surface area contributed by atoms with Crippen LogP contribution in [0.25, 0.3) is 17.1 Å². The molecule has 0 saturated carbocycles. The van der Waals surface area contributed by atoms with Crippen LogP contribution in [0.15, 0.2) is 60.3 Å². The fourth-order valence-electron chi connectivity index (χ4n) is 3.48. The van der Waals surface area contributed by atoms with Crippen molar-refractivity contribution in [3.05, 3.63) is 65.9 Å². The summed E-state index contributed by atoms with van der Waals surface area (Å²) in [6, 6.07) is 7.27. The molecule has 2 aromatic heterocycles. The number of aromatic nitrogens is 4. The zero-order valence-electron chi connectivity index (χ0n) is 17.4. The predicted molar refractivity (Wildman–Crippen MR) is 113 cm³/mol. The van der Waals surface area contributed by atoms with Crippen LogP contribution >= 0.6 is 0 Å². The van der Waals surface area contributed by atoms with Gasteiger partial charge in [-0.05, 0) is 42.8 Å². The van der Waals surface area contributed by atoms with Gasteiger partial charge in [0.05, 0.1) is 26.5 Å². The van der Waals surface area contributed by atoms with Crippen LogP contribution in [0.4, 0.5) is 10.3 Å². The highest BCUT2D eigenvalue weighted by Crippen LogP contribution is 2.39. The summed E-state index contributed by atoms with van der Waals surface area (Å²) in [5.41, 5.74) is 2.54. The Morgan fingerprint density at radius 3 is 2.48 bits per heavy atom. The van der Waals surface area contributed by atoms with Crippen LogP contribution in [0.5, 0.6) is 11.5 Å². The van der Waals surface area contributed by atoms with Crippen molar-refractivity contribution in [2.45, 2.75) is 6.92 Å². The number of benzene rings is 1. The van der Waals surface area contributed by atoms with Crippen LogP contribution in [0, 0.1) is 6.92 Å². The first-order valence-corrected chi connectivity index (χ1v) is 9.57. The van der Waals surface area contributed by atoms with Gasteiger partial charge in [0.15, 0.2) is 5.82 Å². The Morgan fingerprint density at radius 1 is 1.10 bits per heavy atom. The molecular formula is C22H21FN5O3. The molecular weight excluding hydrogens is 401 g/mol. The van der Waals surface area contributed by atoms with Gasteiger partial charge in [-0.15, -0.1) is 10.2 Å². The van der Waals surface area contributed by atoms with E-state index >= 15 is 0 Å². The smallest absolute Gasteiger partial charge is 0.237 e. The van der Waals surface area contributed by atoms with Gasteiger partial charge >= 0.3 is 0 Å². The van der Waals surface area contributed by atoms with E-state index in [-0.39, 0.29) is 12.5 Å². The van der Waals surface area contributed by atoms with E-state index in [9.17, 15) is 9.50 Å². The van der Waals surface area contributed by atoms with Gasteiger partial charge in [0.25, 0.3) is 0 Å². The Labute approximate surface area is 178 Å². The average molecular weight is 422 g/mol. The van der Waals surface area contributed by atoms with E-state index in [1.165, 1.54) is 17.1 Å². The molecule has 0 saturated heterocycles. The highest BCUT2D eigenvalue weighted by atomic mass is 19.1. The van der Waals surface area contributed by atoms with Crippen molar-refractivity contribution in [2.75, 3.05) is 32.3 Å². The number of anilines is 1. The van der Waals surface area contributed by atoms with Crippen molar-refractivity contribution in [3.63, 3.8) is 0 Å². The number of methoxy groups -OCH3 is 2. The zero-order valence-corrected chi connectivity index (χ0v) is 17.4. The number of nitrogens with zero attached hydrogens (tertiary/aromatic N) is 5. The lowest BCUT2D eigenvalue weighted by atomic mass is 10.2. The summed E-state index contributed by atoms with van der Waals surface area (Å²) in [4.78, 5) is 5.77. The minimum atomic E-state index is -0.541. The highest BCUT2D eigenvalue weighted by molar-refractivity contribution is 5.69. The van der Waals surface area contributed by atoms with E-state index in [0.29, 0.717) is 34.3 Å². The van der Waals surface area contributed by atoms with Gasteiger partial charge in [-0.1, -0.05) is 6.07 Å². The molecule has 0 amide bonds. The fraction of sp³-hybridized carbons (Fsp3) is 0.227.